The van der Waals surface area contributed by atoms with Gasteiger partial charge in [0.15, 0.2) is 22.9 Å². The van der Waals surface area contributed by atoms with Crippen LogP contribution in [0.4, 0.5) is 5.69 Å². The first-order chi connectivity index (χ1) is 15.9. The smallest absolute Gasteiger partial charge is 0.264 e. The Morgan fingerprint density at radius 1 is 1.00 bits per heavy atom. The van der Waals surface area contributed by atoms with Crippen LogP contribution in [-0.4, -0.2) is 37.6 Å². The van der Waals surface area contributed by atoms with Crippen LogP contribution in [0.1, 0.15) is 27.9 Å². The molecule has 0 saturated carbocycles. The third-order valence-electron chi connectivity index (χ3n) is 5.88. The van der Waals surface area contributed by atoms with E-state index in [1.54, 1.807) is 35.2 Å². The second kappa shape index (κ2) is 9.37. The zero-order valence-corrected chi connectivity index (χ0v) is 20.0. The Morgan fingerprint density at radius 2 is 1.73 bits per heavy atom. The third kappa shape index (κ3) is 4.38. The number of benzene rings is 3. The molecule has 0 spiro atoms. The van der Waals surface area contributed by atoms with E-state index in [2.05, 4.69) is 15.9 Å². The van der Waals surface area contributed by atoms with Gasteiger partial charge in [-0.3, -0.25) is 9.59 Å². The Labute approximate surface area is 200 Å². The lowest BCUT2D eigenvalue weighted by Gasteiger charge is -2.23. The summed E-state index contributed by atoms with van der Waals surface area (Å²) in [7, 11) is 3.00. The molecule has 0 radical (unpaired) electrons. The number of Topliss-reactive ketones (excluding diaryl/α,β-unsaturated/α-hetero) is 1. The predicted molar refractivity (Wildman–Crippen MR) is 129 cm³/mol. The summed E-state index contributed by atoms with van der Waals surface area (Å²) in [6.07, 6.45) is 0.244. The maximum atomic E-state index is 13.5. The van der Waals surface area contributed by atoms with Crippen LogP contribution >= 0.6 is 15.9 Å². The number of halogens is 1. The molecule has 7 heteroatoms. The van der Waals surface area contributed by atoms with Gasteiger partial charge >= 0.3 is 0 Å². The fraction of sp³-hybridized carbons (Fsp3) is 0.231. The van der Waals surface area contributed by atoms with E-state index in [1.807, 2.05) is 36.4 Å². The molecule has 170 valence electrons. The molecule has 0 unspecified atom stereocenters. The van der Waals surface area contributed by atoms with Crippen LogP contribution in [0.25, 0.3) is 0 Å². The van der Waals surface area contributed by atoms with Crippen molar-refractivity contribution in [3.8, 4) is 11.5 Å². The minimum atomic E-state index is -1.96. The molecule has 1 N–H and O–H groups in total. The van der Waals surface area contributed by atoms with E-state index >= 15 is 0 Å². The first-order valence-electron chi connectivity index (χ1n) is 10.5. The van der Waals surface area contributed by atoms with E-state index in [9.17, 15) is 14.7 Å². The summed E-state index contributed by atoms with van der Waals surface area (Å²) in [6, 6.07) is 19.9. The zero-order chi connectivity index (χ0) is 23.6. The number of methoxy groups -OCH3 is 2. The van der Waals surface area contributed by atoms with Crippen LogP contribution in [0, 0.1) is 0 Å². The maximum absolute atomic E-state index is 13.5. The van der Waals surface area contributed by atoms with Crippen LogP contribution < -0.4 is 14.4 Å². The van der Waals surface area contributed by atoms with Crippen LogP contribution in [0.5, 0.6) is 11.5 Å². The normalized spacial score (nSPS) is 17.1. The van der Waals surface area contributed by atoms with Crippen molar-refractivity contribution in [1.29, 1.82) is 0 Å². The largest absolute Gasteiger partial charge is 0.493 e. The van der Waals surface area contributed by atoms with Gasteiger partial charge in [-0.25, -0.2) is 0 Å². The van der Waals surface area contributed by atoms with Crippen molar-refractivity contribution in [3.05, 3.63) is 87.9 Å². The molecule has 6 nitrogen and oxygen atoms in total. The van der Waals surface area contributed by atoms with Gasteiger partial charge < -0.3 is 19.5 Å². The number of carbonyl (C=O) groups is 2. The maximum Gasteiger partial charge on any atom is 0.264 e. The molecule has 0 fully saturated rings. The molecule has 33 heavy (non-hydrogen) atoms. The highest BCUT2D eigenvalue weighted by molar-refractivity contribution is 9.10. The Balaban J connectivity index is 1.64. The van der Waals surface area contributed by atoms with Crippen molar-refractivity contribution in [2.24, 2.45) is 0 Å². The molecule has 0 aromatic heterocycles. The number of anilines is 1. The van der Waals surface area contributed by atoms with Gasteiger partial charge in [0, 0.05) is 22.1 Å². The molecule has 1 heterocycles. The molecule has 1 aliphatic heterocycles. The first-order valence-corrected chi connectivity index (χ1v) is 11.3. The number of fused-ring (bicyclic) bond motifs is 1. The minimum Gasteiger partial charge on any atom is -0.493 e. The molecule has 3 aromatic carbocycles. The fourth-order valence-corrected chi connectivity index (χ4v) is 4.51. The van der Waals surface area contributed by atoms with E-state index in [0.29, 0.717) is 41.3 Å². The lowest BCUT2D eigenvalue weighted by Crippen LogP contribution is -2.42. The average molecular weight is 510 g/mol. The van der Waals surface area contributed by atoms with Gasteiger partial charge in [-0.1, -0.05) is 46.3 Å². The monoisotopic (exact) mass is 509 g/mol. The van der Waals surface area contributed by atoms with Gasteiger partial charge in [-0.2, -0.15) is 0 Å². The molecule has 0 bridgehead atoms. The van der Waals surface area contributed by atoms with Crippen molar-refractivity contribution in [1.82, 2.24) is 0 Å². The summed E-state index contributed by atoms with van der Waals surface area (Å²) >= 11 is 3.42. The quantitative estimate of drug-likeness (QED) is 0.452. The molecular weight excluding hydrogens is 486 g/mol. The highest BCUT2D eigenvalue weighted by Gasteiger charge is 2.50. The van der Waals surface area contributed by atoms with Crippen LogP contribution in [0.15, 0.2) is 71.2 Å². The topological polar surface area (TPSA) is 76.1 Å². The van der Waals surface area contributed by atoms with E-state index < -0.39 is 11.5 Å². The molecule has 4 rings (SSSR count). The zero-order valence-electron chi connectivity index (χ0n) is 18.4. The van der Waals surface area contributed by atoms with Crippen molar-refractivity contribution in [2.45, 2.75) is 18.4 Å². The van der Waals surface area contributed by atoms with E-state index in [0.717, 1.165) is 10.0 Å². The molecule has 0 aliphatic carbocycles. The number of ketones is 1. The lowest BCUT2D eigenvalue weighted by atomic mass is 9.88. The summed E-state index contributed by atoms with van der Waals surface area (Å²) in [5.74, 6) is 0.0229. The molecule has 1 amide bonds. The second-order valence-corrected chi connectivity index (χ2v) is 8.80. The van der Waals surface area contributed by atoms with Crippen LogP contribution in [0.3, 0.4) is 0 Å². The van der Waals surface area contributed by atoms with E-state index in [-0.39, 0.29) is 12.2 Å². The second-order valence-electron chi connectivity index (χ2n) is 7.88. The number of aliphatic hydroxyl groups is 1. The molecule has 0 saturated heterocycles. The van der Waals surface area contributed by atoms with E-state index in [4.69, 9.17) is 9.47 Å². The molecule has 3 aromatic rings. The van der Waals surface area contributed by atoms with Crippen molar-refractivity contribution >= 4 is 33.3 Å². The SMILES string of the molecule is COc1ccc(C(=O)C[C@@]2(O)C(=O)N(CCc3ccccc3)c3ccc(Br)cc32)cc1OC. The fourth-order valence-electron chi connectivity index (χ4n) is 4.15. The Hall–Kier alpha value is -3.16. The molecule has 1 aliphatic rings. The van der Waals surface area contributed by atoms with Crippen LogP contribution in [-0.2, 0) is 16.8 Å². The third-order valence-corrected chi connectivity index (χ3v) is 6.38. The van der Waals surface area contributed by atoms with Crippen molar-refractivity contribution < 1.29 is 24.2 Å². The molecular formula is C26H24BrNO5. The number of hydrogen-bond acceptors (Lipinski definition) is 5. The summed E-state index contributed by atoms with van der Waals surface area (Å²) in [5.41, 5.74) is 0.486. The van der Waals surface area contributed by atoms with Gasteiger partial charge in [-0.15, -0.1) is 0 Å². The average Bonchev–Trinajstić information content (AvgIpc) is 3.03. The minimum absolute atomic E-state index is 0.327. The highest BCUT2D eigenvalue weighted by Crippen LogP contribution is 2.44. The highest BCUT2D eigenvalue weighted by atomic mass is 79.9. The van der Waals surface area contributed by atoms with Gasteiger partial charge in [0.05, 0.1) is 26.3 Å². The number of nitrogens with zero attached hydrogens (tertiary/aromatic N) is 1. The summed E-state index contributed by atoms with van der Waals surface area (Å²) < 4.78 is 11.2. The number of ether oxygens (including phenoxy) is 2. The number of amides is 1. The van der Waals surface area contributed by atoms with Crippen molar-refractivity contribution in [3.63, 3.8) is 0 Å². The first kappa shape index (κ1) is 23.0. The summed E-state index contributed by atoms with van der Waals surface area (Å²) in [6.45, 7) is 0.393. The Kier molecular flexibility index (Phi) is 6.54. The Bertz CT molecular complexity index is 1200. The van der Waals surface area contributed by atoms with E-state index in [1.165, 1.54) is 14.2 Å². The van der Waals surface area contributed by atoms with Gasteiger partial charge in [-0.05, 0) is 48.4 Å². The lowest BCUT2D eigenvalue weighted by molar-refractivity contribution is -0.135. The van der Waals surface area contributed by atoms with Gasteiger partial charge in [0.1, 0.15) is 0 Å². The number of hydrogen-bond donors (Lipinski definition) is 1. The molecule has 1 atom stereocenters. The standard InChI is InChI=1S/C26H24BrNO5/c1-32-23-11-8-18(14-24(23)33-2)22(29)16-26(31)20-15-19(27)9-10-21(20)28(25(26)30)13-12-17-6-4-3-5-7-17/h3-11,14-15,31H,12-13,16H2,1-2H3/t26-/m0/s1. The van der Waals surface area contributed by atoms with Gasteiger partial charge in [0.25, 0.3) is 5.91 Å². The number of carbonyl (C=O) groups excluding carboxylic acids is 2. The van der Waals surface area contributed by atoms with Gasteiger partial charge in [0.2, 0.25) is 0 Å². The van der Waals surface area contributed by atoms with Crippen molar-refractivity contribution in [2.75, 3.05) is 25.7 Å². The Morgan fingerprint density at radius 3 is 2.42 bits per heavy atom. The summed E-state index contributed by atoms with van der Waals surface area (Å²) in [5, 5.41) is 11.6. The number of rotatable bonds is 8. The summed E-state index contributed by atoms with van der Waals surface area (Å²) in [4.78, 5) is 28.2. The van der Waals surface area contributed by atoms with Crippen LogP contribution in [0.2, 0.25) is 0 Å². The predicted octanol–water partition coefficient (Wildman–Crippen LogP) is 4.52.